The van der Waals surface area contributed by atoms with Gasteiger partial charge in [0, 0.05) is 36.7 Å². The molecule has 1 aliphatic rings. The molecule has 1 atom stereocenters. The Morgan fingerprint density at radius 3 is 2.62 bits per heavy atom. The highest BCUT2D eigenvalue weighted by molar-refractivity contribution is 6.44. The van der Waals surface area contributed by atoms with Gasteiger partial charge in [-0.25, -0.2) is 9.24 Å². The quantitative estimate of drug-likeness (QED) is 0.312. The van der Waals surface area contributed by atoms with Crippen molar-refractivity contribution in [2.24, 2.45) is 18.9 Å². The van der Waals surface area contributed by atoms with Gasteiger partial charge >= 0.3 is 0 Å². The van der Waals surface area contributed by atoms with E-state index in [1.165, 1.54) is 16.7 Å². The van der Waals surface area contributed by atoms with E-state index < -0.39 is 23.3 Å². The van der Waals surface area contributed by atoms with Crippen molar-refractivity contribution in [3.63, 3.8) is 0 Å². The van der Waals surface area contributed by atoms with Crippen molar-refractivity contribution in [2.45, 2.75) is 20.3 Å². The SMILES string of the molecule is [C-]#[N+]c1cc(NC(=O)c2c(C)c(C(=O)C(=O)CC(C#C)C3COC3)c(C)n2C)ccc1F. The lowest BCUT2D eigenvalue weighted by Crippen LogP contribution is -2.35. The molecule has 0 spiro atoms. The lowest BCUT2D eigenvalue weighted by Gasteiger charge is -2.30. The van der Waals surface area contributed by atoms with Crippen LogP contribution in [0.5, 0.6) is 0 Å². The van der Waals surface area contributed by atoms with Crippen molar-refractivity contribution in [1.82, 2.24) is 4.57 Å². The average molecular weight is 435 g/mol. The average Bonchev–Trinajstić information content (AvgIpc) is 2.95. The summed E-state index contributed by atoms with van der Waals surface area (Å²) in [4.78, 5) is 41.6. The normalized spacial score (nSPS) is 14.1. The molecular formula is C24H22FN3O4. The first kappa shape index (κ1) is 22.9. The van der Waals surface area contributed by atoms with Crippen LogP contribution in [-0.2, 0) is 16.6 Å². The van der Waals surface area contributed by atoms with E-state index >= 15 is 0 Å². The fourth-order valence-corrected chi connectivity index (χ4v) is 3.78. The molecule has 1 saturated heterocycles. The molecule has 1 unspecified atom stereocenters. The molecule has 1 fully saturated rings. The third-order valence-electron chi connectivity index (χ3n) is 5.80. The standard InChI is InChI=1S/C24H22FN3O4/c1-6-15(16-11-32-12-16)9-20(29)23(30)21-13(2)22(28(5)14(21)3)24(31)27-17-7-8-18(25)19(10-17)26-4/h1,7-8,10,15-16H,9,11-12H2,2-3,5H3,(H,27,31). The Morgan fingerprint density at radius 2 is 2.06 bits per heavy atom. The Labute approximate surface area is 185 Å². The fourth-order valence-electron chi connectivity index (χ4n) is 3.78. The van der Waals surface area contributed by atoms with Crippen LogP contribution >= 0.6 is 0 Å². The number of nitrogens with zero attached hydrogens (tertiary/aromatic N) is 2. The van der Waals surface area contributed by atoms with E-state index in [2.05, 4.69) is 16.1 Å². The second kappa shape index (κ2) is 9.17. The molecule has 1 N–H and O–H groups in total. The van der Waals surface area contributed by atoms with Gasteiger partial charge < -0.3 is 14.6 Å². The van der Waals surface area contributed by atoms with Crippen molar-refractivity contribution in [2.75, 3.05) is 18.5 Å². The molecule has 1 aromatic carbocycles. The fraction of sp³-hybridized carbons (Fsp3) is 0.333. The highest BCUT2D eigenvalue weighted by atomic mass is 19.1. The number of terminal acetylenes is 1. The molecule has 0 radical (unpaired) electrons. The number of Topliss-reactive ketones (excluding diaryl/α,β-unsaturated/α-hetero) is 2. The number of amides is 1. The molecule has 7 nitrogen and oxygen atoms in total. The largest absolute Gasteiger partial charge is 0.381 e. The van der Waals surface area contributed by atoms with Crippen LogP contribution in [0.25, 0.3) is 4.85 Å². The highest BCUT2D eigenvalue weighted by Gasteiger charge is 2.33. The van der Waals surface area contributed by atoms with Crippen LogP contribution in [0.3, 0.4) is 0 Å². The van der Waals surface area contributed by atoms with Gasteiger partial charge in [0.2, 0.25) is 17.3 Å². The summed E-state index contributed by atoms with van der Waals surface area (Å²) in [5.41, 5.74) is 1.21. The van der Waals surface area contributed by atoms with Gasteiger partial charge in [-0.05, 0) is 37.6 Å². The zero-order valence-electron chi connectivity index (χ0n) is 18.0. The van der Waals surface area contributed by atoms with Gasteiger partial charge in [0.05, 0.1) is 25.3 Å². The predicted octanol–water partition coefficient (Wildman–Crippen LogP) is 3.62. The summed E-state index contributed by atoms with van der Waals surface area (Å²) in [6.07, 6.45) is 5.46. The Hall–Kier alpha value is -3.75. The molecule has 8 heteroatoms. The summed E-state index contributed by atoms with van der Waals surface area (Å²) < 4.78 is 20.2. The van der Waals surface area contributed by atoms with E-state index in [1.54, 1.807) is 20.9 Å². The molecule has 32 heavy (non-hydrogen) atoms. The molecule has 0 aliphatic carbocycles. The van der Waals surface area contributed by atoms with Gasteiger partial charge in [-0.15, -0.1) is 12.3 Å². The maximum Gasteiger partial charge on any atom is 0.272 e. The Morgan fingerprint density at radius 1 is 1.38 bits per heavy atom. The van der Waals surface area contributed by atoms with E-state index in [1.807, 2.05) is 0 Å². The summed E-state index contributed by atoms with van der Waals surface area (Å²) in [7, 11) is 1.61. The Bertz CT molecular complexity index is 1200. The molecule has 2 heterocycles. The van der Waals surface area contributed by atoms with Crippen LogP contribution in [0.15, 0.2) is 18.2 Å². The number of rotatable bonds is 7. The number of carbonyl (C=O) groups is 3. The van der Waals surface area contributed by atoms with Crippen LogP contribution in [0.1, 0.15) is 38.5 Å². The van der Waals surface area contributed by atoms with Crippen LogP contribution in [0.2, 0.25) is 0 Å². The number of aromatic nitrogens is 1. The number of carbonyl (C=O) groups excluding carboxylic acids is 3. The number of ketones is 2. The van der Waals surface area contributed by atoms with Gasteiger partial charge in [-0.3, -0.25) is 14.4 Å². The highest BCUT2D eigenvalue weighted by Crippen LogP contribution is 2.28. The summed E-state index contributed by atoms with van der Waals surface area (Å²) >= 11 is 0. The zero-order chi connectivity index (χ0) is 23.6. The van der Waals surface area contributed by atoms with Crippen LogP contribution in [0, 0.1) is 50.4 Å². The number of halogens is 1. The molecule has 0 saturated carbocycles. The second-order valence-corrected chi connectivity index (χ2v) is 7.75. The zero-order valence-corrected chi connectivity index (χ0v) is 18.0. The minimum absolute atomic E-state index is 0.0621. The first-order valence-electron chi connectivity index (χ1n) is 9.95. The summed E-state index contributed by atoms with van der Waals surface area (Å²) in [5.74, 6) is -0.262. The van der Waals surface area contributed by atoms with Crippen molar-refractivity contribution >= 4 is 28.8 Å². The van der Waals surface area contributed by atoms with E-state index in [9.17, 15) is 18.8 Å². The number of ether oxygens (including phenoxy) is 1. The Balaban J connectivity index is 1.85. The van der Waals surface area contributed by atoms with Crippen molar-refractivity contribution in [1.29, 1.82) is 0 Å². The number of hydrogen-bond acceptors (Lipinski definition) is 4. The third-order valence-corrected chi connectivity index (χ3v) is 5.80. The molecule has 1 aromatic heterocycles. The number of benzene rings is 1. The third kappa shape index (κ3) is 4.18. The minimum atomic E-state index is -0.688. The molecule has 2 aromatic rings. The minimum Gasteiger partial charge on any atom is -0.381 e. The summed E-state index contributed by atoms with van der Waals surface area (Å²) in [6.45, 7) is 11.2. The molecule has 0 bridgehead atoms. The predicted molar refractivity (Wildman–Crippen MR) is 116 cm³/mol. The van der Waals surface area contributed by atoms with Gasteiger partial charge in [0.25, 0.3) is 5.91 Å². The van der Waals surface area contributed by atoms with Crippen LogP contribution in [-0.4, -0.2) is 35.3 Å². The van der Waals surface area contributed by atoms with Gasteiger partial charge in [0.15, 0.2) is 0 Å². The van der Waals surface area contributed by atoms with Crippen molar-refractivity contribution in [3.05, 3.63) is 57.9 Å². The lowest BCUT2D eigenvalue weighted by atomic mass is 9.85. The van der Waals surface area contributed by atoms with Crippen molar-refractivity contribution in [3.8, 4) is 12.3 Å². The van der Waals surface area contributed by atoms with Gasteiger partial charge in [-0.2, -0.15) is 0 Å². The molecular weight excluding hydrogens is 413 g/mol. The van der Waals surface area contributed by atoms with E-state index in [0.717, 1.165) is 6.07 Å². The monoisotopic (exact) mass is 435 g/mol. The number of nitrogens with one attached hydrogen (secondary N) is 1. The second-order valence-electron chi connectivity index (χ2n) is 7.75. The van der Waals surface area contributed by atoms with Crippen molar-refractivity contribution < 1.29 is 23.5 Å². The maximum absolute atomic E-state index is 13.6. The molecule has 1 aliphatic heterocycles. The smallest absolute Gasteiger partial charge is 0.272 e. The van der Waals surface area contributed by atoms with Gasteiger partial charge in [0.1, 0.15) is 11.5 Å². The summed E-state index contributed by atoms with van der Waals surface area (Å²) in [5, 5.41) is 2.62. The number of anilines is 1. The van der Waals surface area contributed by atoms with Crippen LogP contribution < -0.4 is 5.32 Å². The number of hydrogen-bond donors (Lipinski definition) is 1. The molecule has 3 rings (SSSR count). The molecule has 164 valence electrons. The van der Waals surface area contributed by atoms with Gasteiger partial charge in [-0.1, -0.05) is 0 Å². The van der Waals surface area contributed by atoms with E-state index in [-0.39, 0.29) is 40.9 Å². The van der Waals surface area contributed by atoms with E-state index in [4.69, 9.17) is 17.7 Å². The lowest BCUT2D eigenvalue weighted by molar-refractivity contribution is -0.117. The van der Waals surface area contributed by atoms with E-state index in [0.29, 0.717) is 24.5 Å². The topological polar surface area (TPSA) is 81.8 Å². The maximum atomic E-state index is 13.6. The van der Waals surface area contributed by atoms with Crippen LogP contribution in [0.4, 0.5) is 15.8 Å². The first-order valence-corrected chi connectivity index (χ1v) is 9.95. The first-order chi connectivity index (χ1) is 15.2. The Kier molecular flexibility index (Phi) is 6.57. The summed E-state index contributed by atoms with van der Waals surface area (Å²) in [6, 6.07) is 3.66. The molecule has 1 amide bonds.